The molecule has 2 aromatic carbocycles. The monoisotopic (exact) mass is 428 g/mol. The molecular formula is C24H24N6O2. The van der Waals surface area contributed by atoms with Crippen LogP contribution in [-0.2, 0) is 6.54 Å². The van der Waals surface area contributed by atoms with Gasteiger partial charge in [0.2, 0.25) is 0 Å². The van der Waals surface area contributed by atoms with Gasteiger partial charge in [0.15, 0.2) is 0 Å². The molecule has 4 aromatic rings. The minimum atomic E-state index is -0.0477. The van der Waals surface area contributed by atoms with E-state index in [-0.39, 0.29) is 5.91 Å². The normalized spacial score (nSPS) is 14.7. The second-order valence-electron chi connectivity index (χ2n) is 7.94. The predicted octanol–water partition coefficient (Wildman–Crippen LogP) is 3.13. The zero-order chi connectivity index (χ0) is 22.1. The molecule has 0 bridgehead atoms. The van der Waals surface area contributed by atoms with Gasteiger partial charge in [-0.15, -0.1) is 0 Å². The van der Waals surface area contributed by atoms with E-state index in [9.17, 15) is 4.79 Å². The van der Waals surface area contributed by atoms with Crippen molar-refractivity contribution in [1.29, 1.82) is 0 Å². The van der Waals surface area contributed by atoms with Gasteiger partial charge in [0.05, 0.1) is 12.1 Å². The Bertz CT molecular complexity index is 1260. The number of nitrogen functional groups attached to an aromatic ring is 1. The maximum Gasteiger partial charge on any atom is 0.259 e. The number of nitrogens with two attached hydrogens (primary N) is 1. The average molecular weight is 428 g/mol. The quantitative estimate of drug-likeness (QED) is 0.533. The van der Waals surface area contributed by atoms with Gasteiger partial charge in [-0.1, -0.05) is 47.6 Å². The van der Waals surface area contributed by atoms with Crippen LogP contribution in [0.1, 0.15) is 21.9 Å². The van der Waals surface area contributed by atoms with Crippen LogP contribution in [0.3, 0.4) is 0 Å². The molecule has 32 heavy (non-hydrogen) atoms. The third kappa shape index (κ3) is 3.80. The Morgan fingerprint density at radius 2 is 1.72 bits per heavy atom. The standard InChI is InChI=1S/C24H24N6O2/c1-16-21(22(28-32-16)17-7-3-2-4-8-17)24(31)30-13-11-29(12-14-30)15-20-26-19-10-6-5-9-18(19)23(25)27-20/h2-10H,11-15H2,1H3,(H2,25,26,27). The third-order valence-corrected chi connectivity index (χ3v) is 5.83. The van der Waals surface area contributed by atoms with Gasteiger partial charge in [0, 0.05) is 37.1 Å². The number of nitrogens with zero attached hydrogens (tertiary/aromatic N) is 5. The van der Waals surface area contributed by atoms with Crippen LogP contribution in [0.5, 0.6) is 0 Å². The lowest BCUT2D eigenvalue weighted by atomic mass is 10.0. The lowest BCUT2D eigenvalue weighted by Crippen LogP contribution is -2.48. The van der Waals surface area contributed by atoms with E-state index in [0.717, 1.165) is 29.6 Å². The Kier molecular flexibility index (Phi) is 5.28. The summed E-state index contributed by atoms with van der Waals surface area (Å²) >= 11 is 0. The smallest absolute Gasteiger partial charge is 0.259 e. The average Bonchev–Trinajstić information content (AvgIpc) is 3.21. The second-order valence-corrected chi connectivity index (χ2v) is 7.94. The summed E-state index contributed by atoms with van der Waals surface area (Å²) in [5.41, 5.74) is 8.97. The largest absolute Gasteiger partial charge is 0.383 e. The summed E-state index contributed by atoms with van der Waals surface area (Å²) in [6.45, 7) is 5.06. The molecule has 0 saturated carbocycles. The highest BCUT2D eigenvalue weighted by Crippen LogP contribution is 2.27. The summed E-state index contributed by atoms with van der Waals surface area (Å²) in [5.74, 6) is 1.68. The van der Waals surface area contributed by atoms with E-state index in [1.807, 2.05) is 59.5 Å². The number of hydrogen-bond acceptors (Lipinski definition) is 7. The molecular weight excluding hydrogens is 404 g/mol. The van der Waals surface area contributed by atoms with Crippen molar-refractivity contribution in [1.82, 2.24) is 24.9 Å². The number of benzene rings is 2. The van der Waals surface area contributed by atoms with E-state index in [2.05, 4.69) is 20.0 Å². The molecule has 0 spiro atoms. The van der Waals surface area contributed by atoms with E-state index in [4.69, 9.17) is 10.3 Å². The minimum absolute atomic E-state index is 0.0477. The number of aryl methyl sites for hydroxylation is 1. The van der Waals surface area contributed by atoms with Crippen LogP contribution in [-0.4, -0.2) is 57.0 Å². The lowest BCUT2D eigenvalue weighted by Gasteiger charge is -2.34. The van der Waals surface area contributed by atoms with Crippen LogP contribution in [0.15, 0.2) is 59.1 Å². The van der Waals surface area contributed by atoms with Crippen LogP contribution in [0.4, 0.5) is 5.82 Å². The first-order chi connectivity index (χ1) is 15.6. The van der Waals surface area contributed by atoms with E-state index in [1.54, 1.807) is 6.92 Å². The number of carbonyl (C=O) groups is 1. The summed E-state index contributed by atoms with van der Waals surface area (Å²) in [6.07, 6.45) is 0. The maximum atomic E-state index is 13.3. The summed E-state index contributed by atoms with van der Waals surface area (Å²) in [5, 5.41) is 5.01. The number of piperazine rings is 1. The zero-order valence-electron chi connectivity index (χ0n) is 17.9. The van der Waals surface area contributed by atoms with Crippen LogP contribution in [0.2, 0.25) is 0 Å². The van der Waals surface area contributed by atoms with Gasteiger partial charge in [-0.2, -0.15) is 0 Å². The fourth-order valence-electron chi connectivity index (χ4n) is 4.11. The van der Waals surface area contributed by atoms with E-state index in [0.29, 0.717) is 48.3 Å². The molecule has 1 saturated heterocycles. The Hall–Kier alpha value is -3.78. The van der Waals surface area contributed by atoms with Crippen molar-refractivity contribution in [2.24, 2.45) is 0 Å². The maximum absolute atomic E-state index is 13.3. The highest BCUT2D eigenvalue weighted by molar-refractivity contribution is 6.00. The molecule has 3 heterocycles. The zero-order valence-corrected chi connectivity index (χ0v) is 17.9. The molecule has 0 aliphatic carbocycles. The first-order valence-corrected chi connectivity index (χ1v) is 10.6. The Labute approximate surface area is 185 Å². The number of para-hydroxylation sites is 1. The topological polar surface area (TPSA) is 101 Å². The molecule has 0 atom stereocenters. The summed E-state index contributed by atoms with van der Waals surface area (Å²) in [7, 11) is 0. The molecule has 1 fully saturated rings. The van der Waals surface area contributed by atoms with Crippen molar-refractivity contribution in [3.8, 4) is 11.3 Å². The number of fused-ring (bicyclic) bond motifs is 1. The number of hydrogen-bond donors (Lipinski definition) is 1. The number of rotatable bonds is 4. The highest BCUT2D eigenvalue weighted by Gasteiger charge is 2.28. The number of anilines is 1. The van der Waals surface area contributed by atoms with Crippen molar-refractivity contribution in [2.45, 2.75) is 13.5 Å². The molecule has 0 radical (unpaired) electrons. The molecule has 2 aromatic heterocycles. The molecule has 1 aliphatic rings. The van der Waals surface area contributed by atoms with Crippen molar-refractivity contribution < 1.29 is 9.32 Å². The molecule has 5 rings (SSSR count). The Morgan fingerprint density at radius 1 is 1.00 bits per heavy atom. The first kappa shape index (κ1) is 20.1. The van der Waals surface area contributed by atoms with Gasteiger partial charge in [0.25, 0.3) is 5.91 Å². The van der Waals surface area contributed by atoms with Gasteiger partial charge >= 0.3 is 0 Å². The molecule has 2 N–H and O–H groups in total. The number of carbonyl (C=O) groups excluding carboxylic acids is 1. The SMILES string of the molecule is Cc1onc(-c2ccccc2)c1C(=O)N1CCN(Cc2nc(N)c3ccccc3n2)CC1. The van der Waals surface area contributed by atoms with Crippen molar-refractivity contribution in [3.05, 3.63) is 71.7 Å². The van der Waals surface area contributed by atoms with E-state index in [1.165, 1.54) is 0 Å². The summed E-state index contributed by atoms with van der Waals surface area (Å²) in [6, 6.07) is 17.4. The van der Waals surface area contributed by atoms with Gasteiger partial charge in [-0.05, 0) is 19.1 Å². The predicted molar refractivity (Wildman–Crippen MR) is 122 cm³/mol. The Morgan fingerprint density at radius 3 is 2.50 bits per heavy atom. The Balaban J connectivity index is 1.28. The fraction of sp³-hybridized carbons (Fsp3) is 0.250. The lowest BCUT2D eigenvalue weighted by molar-refractivity contribution is 0.0624. The van der Waals surface area contributed by atoms with Crippen LogP contribution < -0.4 is 5.73 Å². The molecule has 162 valence electrons. The summed E-state index contributed by atoms with van der Waals surface area (Å²) in [4.78, 5) is 26.5. The van der Waals surface area contributed by atoms with Gasteiger partial charge in [-0.25, -0.2) is 9.97 Å². The van der Waals surface area contributed by atoms with E-state index >= 15 is 0 Å². The van der Waals surface area contributed by atoms with Gasteiger partial charge in [0.1, 0.15) is 28.7 Å². The van der Waals surface area contributed by atoms with Gasteiger partial charge < -0.3 is 15.2 Å². The van der Waals surface area contributed by atoms with Crippen molar-refractivity contribution in [2.75, 3.05) is 31.9 Å². The van der Waals surface area contributed by atoms with Crippen LogP contribution in [0.25, 0.3) is 22.2 Å². The summed E-state index contributed by atoms with van der Waals surface area (Å²) < 4.78 is 5.37. The fourth-order valence-corrected chi connectivity index (χ4v) is 4.11. The molecule has 1 amide bonds. The van der Waals surface area contributed by atoms with Crippen molar-refractivity contribution >= 4 is 22.6 Å². The minimum Gasteiger partial charge on any atom is -0.383 e. The third-order valence-electron chi connectivity index (χ3n) is 5.83. The first-order valence-electron chi connectivity index (χ1n) is 10.6. The van der Waals surface area contributed by atoms with Gasteiger partial charge in [-0.3, -0.25) is 9.69 Å². The number of amides is 1. The molecule has 8 nitrogen and oxygen atoms in total. The second kappa shape index (κ2) is 8.39. The molecule has 0 unspecified atom stereocenters. The van der Waals surface area contributed by atoms with Crippen molar-refractivity contribution in [3.63, 3.8) is 0 Å². The number of aromatic nitrogens is 3. The van der Waals surface area contributed by atoms with Crippen LogP contribution >= 0.6 is 0 Å². The molecule has 1 aliphatic heterocycles. The van der Waals surface area contributed by atoms with E-state index < -0.39 is 0 Å². The highest BCUT2D eigenvalue weighted by atomic mass is 16.5. The van der Waals surface area contributed by atoms with Crippen LogP contribution in [0, 0.1) is 6.92 Å². The molecule has 8 heteroatoms.